The molecule has 1 aromatic rings. The predicted molar refractivity (Wildman–Crippen MR) is 133 cm³/mol. The summed E-state index contributed by atoms with van der Waals surface area (Å²) in [5.41, 5.74) is 1.41. The van der Waals surface area contributed by atoms with Gasteiger partial charge in [-0.1, -0.05) is 43.7 Å². The molecule has 0 saturated carbocycles. The standard InChI is InChI=1S/C25H45N5O2/c1-3-4-19-31-21-22-32-20-13-28-25(26-2)27-12-8-9-14-29-15-17-30(18-16-29)23-24-10-6-5-7-11-24/h5-7,10-11H,3-4,8-9,12-23H2,1-2H3,(H2,26,27,28). The quantitative estimate of drug-likeness (QED) is 0.231. The molecular weight excluding hydrogens is 402 g/mol. The summed E-state index contributed by atoms with van der Waals surface area (Å²) in [6.07, 6.45) is 4.65. The van der Waals surface area contributed by atoms with Crippen LogP contribution in [0.15, 0.2) is 35.3 Å². The fraction of sp³-hybridized carbons (Fsp3) is 0.720. The maximum Gasteiger partial charge on any atom is 0.191 e. The van der Waals surface area contributed by atoms with Crippen LogP contribution in [-0.2, 0) is 16.0 Å². The predicted octanol–water partition coefficient (Wildman–Crippen LogP) is 2.58. The highest BCUT2D eigenvalue weighted by molar-refractivity contribution is 5.79. The fourth-order valence-electron chi connectivity index (χ4n) is 3.71. The van der Waals surface area contributed by atoms with E-state index >= 15 is 0 Å². The van der Waals surface area contributed by atoms with Crippen molar-refractivity contribution < 1.29 is 9.47 Å². The summed E-state index contributed by atoms with van der Waals surface area (Å²) >= 11 is 0. The molecule has 0 atom stereocenters. The number of aliphatic imine (C=N–C) groups is 1. The minimum absolute atomic E-state index is 0.651. The Kier molecular flexibility index (Phi) is 14.8. The van der Waals surface area contributed by atoms with Gasteiger partial charge in [0.25, 0.3) is 0 Å². The van der Waals surface area contributed by atoms with Gasteiger partial charge in [-0.25, -0.2) is 0 Å². The molecular formula is C25H45N5O2. The van der Waals surface area contributed by atoms with Gasteiger partial charge in [0.1, 0.15) is 0 Å². The second kappa shape index (κ2) is 17.8. The number of hydrogen-bond donors (Lipinski definition) is 2. The van der Waals surface area contributed by atoms with E-state index in [1.807, 2.05) is 7.05 Å². The van der Waals surface area contributed by atoms with Crippen molar-refractivity contribution in [3.05, 3.63) is 35.9 Å². The van der Waals surface area contributed by atoms with Crippen molar-refractivity contribution in [2.24, 2.45) is 4.99 Å². The van der Waals surface area contributed by atoms with Gasteiger partial charge >= 0.3 is 0 Å². The molecule has 0 spiro atoms. The van der Waals surface area contributed by atoms with Crippen molar-refractivity contribution in [1.82, 2.24) is 20.4 Å². The Balaban J connectivity index is 1.41. The number of benzene rings is 1. The van der Waals surface area contributed by atoms with Crippen molar-refractivity contribution >= 4 is 5.96 Å². The van der Waals surface area contributed by atoms with Gasteiger partial charge in [-0.3, -0.25) is 9.89 Å². The molecule has 1 saturated heterocycles. The number of nitrogens with zero attached hydrogens (tertiary/aromatic N) is 3. The van der Waals surface area contributed by atoms with Crippen LogP contribution in [0.3, 0.4) is 0 Å². The Morgan fingerprint density at radius 3 is 2.25 bits per heavy atom. The van der Waals surface area contributed by atoms with Crippen LogP contribution in [0.25, 0.3) is 0 Å². The number of ether oxygens (including phenoxy) is 2. The zero-order valence-electron chi connectivity index (χ0n) is 20.4. The molecule has 0 bridgehead atoms. The highest BCUT2D eigenvalue weighted by Gasteiger charge is 2.16. The highest BCUT2D eigenvalue weighted by Crippen LogP contribution is 2.09. The number of nitrogens with one attached hydrogen (secondary N) is 2. The van der Waals surface area contributed by atoms with Gasteiger partial charge in [-0.2, -0.15) is 0 Å². The van der Waals surface area contributed by atoms with Crippen molar-refractivity contribution in [2.75, 3.05) is 79.3 Å². The molecule has 7 heteroatoms. The lowest BCUT2D eigenvalue weighted by atomic mass is 10.2. The van der Waals surface area contributed by atoms with Gasteiger partial charge in [0.15, 0.2) is 5.96 Å². The molecule has 0 aliphatic carbocycles. The molecule has 0 amide bonds. The molecule has 2 rings (SSSR count). The molecule has 1 aromatic carbocycles. The number of hydrogen-bond acceptors (Lipinski definition) is 5. The first-order valence-corrected chi connectivity index (χ1v) is 12.4. The molecule has 0 unspecified atom stereocenters. The van der Waals surface area contributed by atoms with Crippen LogP contribution in [0.4, 0.5) is 0 Å². The summed E-state index contributed by atoms with van der Waals surface area (Å²) in [6.45, 7) is 13.6. The SMILES string of the molecule is CCCCOCCOCCNC(=NC)NCCCCN1CCN(Cc2ccccc2)CC1. The topological polar surface area (TPSA) is 61.4 Å². The molecule has 0 radical (unpaired) electrons. The second-order valence-corrected chi connectivity index (χ2v) is 8.31. The van der Waals surface area contributed by atoms with Crippen LogP contribution < -0.4 is 10.6 Å². The number of guanidine groups is 1. The summed E-state index contributed by atoms with van der Waals surface area (Å²) in [5, 5.41) is 6.70. The van der Waals surface area contributed by atoms with Gasteiger partial charge in [-0.05, 0) is 31.4 Å². The average Bonchev–Trinajstić information content (AvgIpc) is 2.83. The van der Waals surface area contributed by atoms with Crippen molar-refractivity contribution in [2.45, 2.75) is 39.2 Å². The zero-order chi connectivity index (χ0) is 22.7. The van der Waals surface area contributed by atoms with Crippen LogP contribution in [-0.4, -0.2) is 95.0 Å². The molecule has 1 aliphatic rings. The minimum atomic E-state index is 0.651. The van der Waals surface area contributed by atoms with E-state index in [1.54, 1.807) is 0 Å². The van der Waals surface area contributed by atoms with Crippen molar-refractivity contribution in [3.8, 4) is 0 Å². The third-order valence-corrected chi connectivity index (χ3v) is 5.68. The summed E-state index contributed by atoms with van der Waals surface area (Å²) in [4.78, 5) is 9.44. The molecule has 0 aromatic heterocycles. The van der Waals surface area contributed by atoms with E-state index < -0.39 is 0 Å². The van der Waals surface area contributed by atoms with Gasteiger partial charge < -0.3 is 25.0 Å². The first-order chi connectivity index (χ1) is 15.8. The smallest absolute Gasteiger partial charge is 0.191 e. The molecule has 182 valence electrons. The van der Waals surface area contributed by atoms with Crippen LogP contribution in [0.2, 0.25) is 0 Å². The summed E-state index contributed by atoms with van der Waals surface area (Å²) in [6, 6.07) is 10.8. The third-order valence-electron chi connectivity index (χ3n) is 5.68. The van der Waals surface area contributed by atoms with E-state index in [9.17, 15) is 0 Å². The molecule has 7 nitrogen and oxygen atoms in total. The van der Waals surface area contributed by atoms with Crippen LogP contribution >= 0.6 is 0 Å². The molecule has 1 aliphatic heterocycles. The summed E-state index contributed by atoms with van der Waals surface area (Å²) < 4.78 is 11.1. The maximum atomic E-state index is 5.58. The Labute approximate surface area is 195 Å². The Hall–Kier alpha value is -1.67. The Morgan fingerprint density at radius 2 is 1.53 bits per heavy atom. The van der Waals surface area contributed by atoms with Gasteiger partial charge in [0, 0.05) is 59.5 Å². The zero-order valence-corrected chi connectivity index (χ0v) is 20.4. The van der Waals surface area contributed by atoms with E-state index in [2.05, 4.69) is 62.7 Å². The molecule has 2 N–H and O–H groups in total. The van der Waals surface area contributed by atoms with E-state index in [0.29, 0.717) is 19.8 Å². The van der Waals surface area contributed by atoms with Crippen molar-refractivity contribution in [3.63, 3.8) is 0 Å². The first kappa shape index (κ1) is 26.6. The van der Waals surface area contributed by atoms with Gasteiger partial charge in [0.05, 0.1) is 19.8 Å². The maximum absolute atomic E-state index is 5.58. The van der Waals surface area contributed by atoms with Crippen LogP contribution in [0.5, 0.6) is 0 Å². The summed E-state index contributed by atoms with van der Waals surface area (Å²) in [5.74, 6) is 0.849. The number of rotatable bonds is 16. The summed E-state index contributed by atoms with van der Waals surface area (Å²) in [7, 11) is 1.81. The van der Waals surface area contributed by atoms with E-state index in [1.165, 1.54) is 38.0 Å². The fourth-order valence-corrected chi connectivity index (χ4v) is 3.71. The van der Waals surface area contributed by atoms with Crippen LogP contribution in [0, 0.1) is 0 Å². The lowest BCUT2D eigenvalue weighted by Crippen LogP contribution is -2.46. The largest absolute Gasteiger partial charge is 0.379 e. The Morgan fingerprint density at radius 1 is 0.844 bits per heavy atom. The van der Waals surface area contributed by atoms with Gasteiger partial charge in [0.2, 0.25) is 0 Å². The highest BCUT2D eigenvalue weighted by atomic mass is 16.5. The minimum Gasteiger partial charge on any atom is -0.379 e. The Bertz CT molecular complexity index is 591. The average molecular weight is 448 g/mol. The lowest BCUT2D eigenvalue weighted by molar-refractivity contribution is 0.0487. The lowest BCUT2D eigenvalue weighted by Gasteiger charge is -2.34. The second-order valence-electron chi connectivity index (χ2n) is 8.31. The van der Waals surface area contributed by atoms with Gasteiger partial charge in [-0.15, -0.1) is 0 Å². The van der Waals surface area contributed by atoms with Crippen LogP contribution in [0.1, 0.15) is 38.2 Å². The first-order valence-electron chi connectivity index (χ1n) is 12.4. The molecule has 32 heavy (non-hydrogen) atoms. The molecule has 1 fully saturated rings. The van der Waals surface area contributed by atoms with E-state index in [0.717, 1.165) is 58.1 Å². The third kappa shape index (κ3) is 12.4. The monoisotopic (exact) mass is 447 g/mol. The molecule has 1 heterocycles. The van der Waals surface area contributed by atoms with E-state index in [-0.39, 0.29) is 0 Å². The van der Waals surface area contributed by atoms with E-state index in [4.69, 9.17) is 9.47 Å². The van der Waals surface area contributed by atoms with Crippen molar-refractivity contribution in [1.29, 1.82) is 0 Å². The number of piperazine rings is 1. The number of unbranched alkanes of at least 4 members (excludes halogenated alkanes) is 2. The normalized spacial score (nSPS) is 15.8.